The van der Waals surface area contributed by atoms with E-state index in [4.69, 9.17) is 4.74 Å². The summed E-state index contributed by atoms with van der Waals surface area (Å²) in [6.07, 6.45) is 4.41. The third-order valence-electron chi connectivity index (χ3n) is 3.23. The third-order valence-corrected chi connectivity index (χ3v) is 3.23. The van der Waals surface area contributed by atoms with Gasteiger partial charge in [-0.2, -0.15) is 0 Å². The van der Waals surface area contributed by atoms with Gasteiger partial charge >= 0.3 is 0 Å². The van der Waals surface area contributed by atoms with Gasteiger partial charge in [-0.05, 0) is 24.7 Å². The Hall–Kier alpha value is -1.88. The average molecular weight is 263 g/mol. The number of halogens is 1. The van der Waals surface area contributed by atoms with Crippen molar-refractivity contribution >= 4 is 0 Å². The molecule has 0 aliphatic heterocycles. The maximum atomic E-state index is 13.4. The van der Waals surface area contributed by atoms with Gasteiger partial charge in [0.05, 0.1) is 7.11 Å². The lowest BCUT2D eigenvalue weighted by Crippen LogP contribution is -2.20. The summed E-state index contributed by atoms with van der Waals surface area (Å²) in [5, 5.41) is 3.22. The molecule has 0 aliphatic rings. The predicted octanol–water partition coefficient (Wildman–Crippen LogP) is 2.07. The number of rotatable bonds is 5. The number of ether oxygens (including phenoxy) is 1. The smallest absolute Gasteiger partial charge is 0.165 e. The fourth-order valence-electron chi connectivity index (χ4n) is 2.06. The molecule has 0 bridgehead atoms. The fourth-order valence-corrected chi connectivity index (χ4v) is 2.06. The lowest BCUT2D eigenvalue weighted by atomic mass is 10.0. The van der Waals surface area contributed by atoms with E-state index in [1.165, 1.54) is 13.2 Å². The van der Waals surface area contributed by atoms with Gasteiger partial charge in [-0.15, -0.1) is 0 Å². The molecule has 5 heteroatoms. The molecule has 102 valence electrons. The van der Waals surface area contributed by atoms with Crippen molar-refractivity contribution < 1.29 is 9.13 Å². The van der Waals surface area contributed by atoms with Crippen LogP contribution in [0.5, 0.6) is 5.75 Å². The minimum absolute atomic E-state index is 0.0654. The summed E-state index contributed by atoms with van der Waals surface area (Å²) in [5.74, 6) is 0.887. The van der Waals surface area contributed by atoms with Gasteiger partial charge in [0.15, 0.2) is 11.6 Å². The molecule has 2 aromatic rings. The number of benzene rings is 1. The highest BCUT2D eigenvalue weighted by Gasteiger charge is 2.15. The highest BCUT2D eigenvalue weighted by molar-refractivity contribution is 5.32. The van der Waals surface area contributed by atoms with Gasteiger partial charge in [-0.25, -0.2) is 9.37 Å². The van der Waals surface area contributed by atoms with Gasteiger partial charge in [-0.3, -0.25) is 0 Å². The van der Waals surface area contributed by atoms with Gasteiger partial charge in [0.1, 0.15) is 5.82 Å². The van der Waals surface area contributed by atoms with Gasteiger partial charge in [0, 0.05) is 31.9 Å². The number of aryl methyl sites for hydroxylation is 1. The number of likely N-dealkylation sites (N-methyl/N-ethyl adjacent to an activating group) is 1. The number of nitrogens with one attached hydrogen (secondary N) is 1. The highest BCUT2D eigenvalue weighted by Crippen LogP contribution is 2.24. The molecular formula is C14H18FN3O. The molecule has 0 spiro atoms. The van der Waals surface area contributed by atoms with Crippen molar-refractivity contribution in [3.63, 3.8) is 0 Å². The molecule has 0 amide bonds. The molecule has 1 aromatic heterocycles. The van der Waals surface area contributed by atoms with Crippen LogP contribution in [0.3, 0.4) is 0 Å². The first-order chi connectivity index (χ1) is 9.15. The molecule has 1 heterocycles. The first kappa shape index (κ1) is 13.5. The number of imidazole rings is 1. The average Bonchev–Trinajstić information content (AvgIpc) is 2.82. The summed E-state index contributed by atoms with van der Waals surface area (Å²) in [5.41, 5.74) is 0.976. The SMILES string of the molecule is CNC(Cc1nccn1C)c1ccc(F)c(OC)c1. The zero-order valence-electron chi connectivity index (χ0n) is 11.4. The number of methoxy groups -OCH3 is 1. The third kappa shape index (κ3) is 2.93. The van der Waals surface area contributed by atoms with E-state index < -0.39 is 0 Å². The van der Waals surface area contributed by atoms with Crippen LogP contribution in [0.4, 0.5) is 4.39 Å². The first-order valence-electron chi connectivity index (χ1n) is 6.12. The molecule has 0 aliphatic carbocycles. The molecule has 19 heavy (non-hydrogen) atoms. The molecule has 0 saturated carbocycles. The lowest BCUT2D eigenvalue weighted by molar-refractivity contribution is 0.385. The van der Waals surface area contributed by atoms with E-state index in [-0.39, 0.29) is 17.6 Å². The summed E-state index contributed by atoms with van der Waals surface area (Å²) < 4.78 is 20.4. The van der Waals surface area contributed by atoms with Crippen molar-refractivity contribution in [3.05, 3.63) is 47.8 Å². The van der Waals surface area contributed by atoms with Gasteiger partial charge < -0.3 is 14.6 Å². The minimum atomic E-state index is -0.349. The van der Waals surface area contributed by atoms with Crippen molar-refractivity contribution in [2.45, 2.75) is 12.5 Å². The van der Waals surface area contributed by atoms with Crippen molar-refractivity contribution in [3.8, 4) is 5.75 Å². The van der Waals surface area contributed by atoms with Gasteiger partial charge in [-0.1, -0.05) is 6.07 Å². The summed E-state index contributed by atoms with van der Waals surface area (Å²) in [6, 6.07) is 4.98. The zero-order valence-corrected chi connectivity index (χ0v) is 11.4. The van der Waals surface area contributed by atoms with E-state index in [0.717, 1.165) is 17.8 Å². The van der Waals surface area contributed by atoms with Crippen LogP contribution in [0.2, 0.25) is 0 Å². The molecule has 2 rings (SSSR count). The summed E-state index contributed by atoms with van der Waals surface area (Å²) in [6.45, 7) is 0. The number of nitrogens with zero attached hydrogens (tertiary/aromatic N) is 2. The fraction of sp³-hybridized carbons (Fsp3) is 0.357. The second-order valence-electron chi connectivity index (χ2n) is 4.39. The second kappa shape index (κ2) is 5.84. The molecule has 4 nitrogen and oxygen atoms in total. The van der Waals surface area contributed by atoms with Crippen LogP contribution in [-0.2, 0) is 13.5 Å². The molecule has 0 fully saturated rings. The van der Waals surface area contributed by atoms with Crippen molar-refractivity contribution in [2.24, 2.45) is 7.05 Å². The van der Waals surface area contributed by atoms with Crippen molar-refractivity contribution in [2.75, 3.05) is 14.2 Å². The van der Waals surface area contributed by atoms with Crippen LogP contribution < -0.4 is 10.1 Å². The van der Waals surface area contributed by atoms with Crippen LogP contribution in [0.15, 0.2) is 30.6 Å². The highest BCUT2D eigenvalue weighted by atomic mass is 19.1. The van der Waals surface area contributed by atoms with E-state index in [1.54, 1.807) is 18.3 Å². The van der Waals surface area contributed by atoms with E-state index >= 15 is 0 Å². The normalized spacial score (nSPS) is 12.4. The summed E-state index contributed by atoms with van der Waals surface area (Å²) in [7, 11) is 5.30. The quantitative estimate of drug-likeness (QED) is 0.897. The molecule has 0 radical (unpaired) electrons. The Morgan fingerprint density at radius 1 is 1.47 bits per heavy atom. The molecule has 1 aromatic carbocycles. The molecule has 1 N–H and O–H groups in total. The van der Waals surface area contributed by atoms with Gasteiger partial charge in [0.25, 0.3) is 0 Å². The Labute approximate surface area is 112 Å². The van der Waals surface area contributed by atoms with Crippen LogP contribution in [0.25, 0.3) is 0 Å². The molecular weight excluding hydrogens is 245 g/mol. The van der Waals surface area contributed by atoms with E-state index in [1.807, 2.05) is 24.9 Å². The minimum Gasteiger partial charge on any atom is -0.494 e. The van der Waals surface area contributed by atoms with Crippen LogP contribution in [0, 0.1) is 5.82 Å². The van der Waals surface area contributed by atoms with Crippen molar-refractivity contribution in [1.82, 2.24) is 14.9 Å². The number of aromatic nitrogens is 2. The Bertz CT molecular complexity index is 553. The Morgan fingerprint density at radius 3 is 2.84 bits per heavy atom. The number of hydrogen-bond donors (Lipinski definition) is 1. The van der Waals surface area contributed by atoms with Crippen LogP contribution in [-0.4, -0.2) is 23.7 Å². The second-order valence-corrected chi connectivity index (χ2v) is 4.39. The Balaban J connectivity index is 2.24. The summed E-state index contributed by atoms with van der Waals surface area (Å²) in [4.78, 5) is 4.31. The van der Waals surface area contributed by atoms with Crippen molar-refractivity contribution in [1.29, 1.82) is 0 Å². The largest absolute Gasteiger partial charge is 0.494 e. The monoisotopic (exact) mass is 263 g/mol. The summed E-state index contributed by atoms with van der Waals surface area (Å²) >= 11 is 0. The molecule has 1 unspecified atom stereocenters. The first-order valence-corrected chi connectivity index (χ1v) is 6.12. The molecule has 1 atom stereocenters. The Morgan fingerprint density at radius 2 is 2.26 bits per heavy atom. The maximum Gasteiger partial charge on any atom is 0.165 e. The maximum absolute atomic E-state index is 13.4. The van der Waals surface area contributed by atoms with Gasteiger partial charge in [0.2, 0.25) is 0 Å². The number of hydrogen-bond acceptors (Lipinski definition) is 3. The molecule has 0 saturated heterocycles. The Kier molecular flexibility index (Phi) is 4.16. The predicted molar refractivity (Wildman–Crippen MR) is 71.7 cm³/mol. The van der Waals surface area contributed by atoms with E-state index in [9.17, 15) is 4.39 Å². The van der Waals surface area contributed by atoms with Crippen LogP contribution >= 0.6 is 0 Å². The zero-order chi connectivity index (χ0) is 13.8. The van der Waals surface area contributed by atoms with E-state index in [2.05, 4.69) is 10.3 Å². The standard InChI is InChI=1S/C14H18FN3O/c1-16-12(9-14-17-6-7-18(14)2)10-4-5-11(15)13(8-10)19-3/h4-8,12,16H,9H2,1-3H3. The topological polar surface area (TPSA) is 39.1 Å². The van der Waals surface area contributed by atoms with E-state index in [0.29, 0.717) is 0 Å². The lowest BCUT2D eigenvalue weighted by Gasteiger charge is -2.17. The van der Waals surface area contributed by atoms with Crippen LogP contribution in [0.1, 0.15) is 17.4 Å².